The molecule has 4 nitrogen and oxygen atoms in total. The minimum absolute atomic E-state index is 0.155. The molecule has 2 rings (SSSR count). The summed E-state index contributed by atoms with van der Waals surface area (Å²) in [5, 5.41) is 3.27. The smallest absolute Gasteiger partial charge is 0.289 e. The van der Waals surface area contributed by atoms with Gasteiger partial charge in [0.05, 0.1) is 0 Å². The molecule has 1 aliphatic rings. The van der Waals surface area contributed by atoms with Crippen LogP contribution in [0.25, 0.3) is 5.70 Å². The van der Waals surface area contributed by atoms with Gasteiger partial charge in [0.1, 0.15) is 0 Å². The molecule has 0 saturated heterocycles. The Morgan fingerprint density at radius 3 is 2.67 bits per heavy atom. The van der Waals surface area contributed by atoms with Crippen LogP contribution in [-0.4, -0.2) is 17.2 Å². The zero-order valence-electron chi connectivity index (χ0n) is 10.5. The van der Waals surface area contributed by atoms with E-state index >= 15 is 0 Å². The first-order valence-corrected chi connectivity index (χ1v) is 5.81. The second-order valence-corrected chi connectivity index (χ2v) is 5.13. The van der Waals surface area contributed by atoms with Crippen molar-refractivity contribution in [2.45, 2.75) is 25.8 Å². The van der Waals surface area contributed by atoms with Crippen molar-refractivity contribution in [1.29, 1.82) is 0 Å². The van der Waals surface area contributed by atoms with Gasteiger partial charge in [0, 0.05) is 22.9 Å². The summed E-state index contributed by atoms with van der Waals surface area (Å²) in [6.07, 6.45) is 2.15. The Labute approximate surface area is 106 Å². The summed E-state index contributed by atoms with van der Waals surface area (Å²) in [4.78, 5) is 22.3. The maximum absolute atomic E-state index is 11.4. The first-order valence-electron chi connectivity index (χ1n) is 5.81. The van der Waals surface area contributed by atoms with E-state index in [-0.39, 0.29) is 5.54 Å². The second kappa shape index (κ2) is 4.29. The summed E-state index contributed by atoms with van der Waals surface area (Å²) in [6, 6.07) is 7.83. The lowest BCUT2D eigenvalue weighted by Crippen LogP contribution is -2.44. The summed E-state index contributed by atoms with van der Waals surface area (Å²) < 4.78 is 0. The first-order chi connectivity index (χ1) is 8.39. The molecule has 0 bridgehead atoms. The van der Waals surface area contributed by atoms with Crippen molar-refractivity contribution in [1.82, 2.24) is 5.32 Å². The Morgan fingerprint density at radius 2 is 2.00 bits per heavy atom. The summed E-state index contributed by atoms with van der Waals surface area (Å²) in [7, 11) is 0. The molecule has 0 aromatic heterocycles. The van der Waals surface area contributed by atoms with E-state index in [0.717, 1.165) is 17.5 Å². The number of amides is 1. The molecular formula is C14H16N2O2. The van der Waals surface area contributed by atoms with Crippen LogP contribution in [0.4, 0.5) is 0 Å². The Morgan fingerprint density at radius 1 is 1.33 bits per heavy atom. The third-order valence-electron chi connectivity index (χ3n) is 2.93. The highest BCUT2D eigenvalue weighted by Crippen LogP contribution is 2.29. The first kappa shape index (κ1) is 12.4. The predicted octanol–water partition coefficient (Wildman–Crippen LogP) is 1.01. The van der Waals surface area contributed by atoms with Crippen LogP contribution in [0.5, 0.6) is 0 Å². The van der Waals surface area contributed by atoms with E-state index < -0.39 is 11.7 Å². The monoisotopic (exact) mass is 244 g/mol. The van der Waals surface area contributed by atoms with Crippen LogP contribution >= 0.6 is 0 Å². The molecule has 0 fully saturated rings. The Hall–Kier alpha value is -2.10. The molecule has 1 aliphatic heterocycles. The molecule has 1 amide bonds. The molecular weight excluding hydrogens is 228 g/mol. The second-order valence-electron chi connectivity index (χ2n) is 5.13. The van der Waals surface area contributed by atoms with Crippen LogP contribution < -0.4 is 11.1 Å². The highest BCUT2D eigenvalue weighted by Gasteiger charge is 2.27. The maximum atomic E-state index is 11.4. The largest absolute Gasteiger partial charge is 0.379 e. The number of benzene rings is 1. The molecule has 3 N–H and O–H groups in total. The lowest BCUT2D eigenvalue weighted by molar-refractivity contribution is -0.133. The molecule has 0 saturated carbocycles. The Kier molecular flexibility index (Phi) is 2.95. The van der Waals surface area contributed by atoms with Crippen LogP contribution in [0, 0.1) is 0 Å². The van der Waals surface area contributed by atoms with E-state index in [1.54, 1.807) is 0 Å². The van der Waals surface area contributed by atoms with Crippen molar-refractivity contribution >= 4 is 17.4 Å². The lowest BCUT2D eigenvalue weighted by Gasteiger charge is -2.35. The van der Waals surface area contributed by atoms with Crippen molar-refractivity contribution in [2.75, 3.05) is 0 Å². The van der Waals surface area contributed by atoms with Gasteiger partial charge in [0.15, 0.2) is 0 Å². The van der Waals surface area contributed by atoms with E-state index in [1.807, 2.05) is 38.1 Å². The number of primary amides is 1. The van der Waals surface area contributed by atoms with Crippen LogP contribution in [0.2, 0.25) is 0 Å². The van der Waals surface area contributed by atoms with Gasteiger partial charge in [0.2, 0.25) is 5.78 Å². The van der Waals surface area contributed by atoms with E-state index in [4.69, 9.17) is 5.73 Å². The summed E-state index contributed by atoms with van der Waals surface area (Å²) in [5.74, 6) is -1.63. The average Bonchev–Trinajstić information content (AvgIpc) is 2.27. The van der Waals surface area contributed by atoms with Gasteiger partial charge in [-0.15, -0.1) is 0 Å². The average molecular weight is 244 g/mol. The fourth-order valence-corrected chi connectivity index (χ4v) is 2.21. The molecule has 0 unspecified atom stereocenters. The minimum atomic E-state index is -0.940. The number of carbonyl (C=O) groups is 2. The Balaban J connectivity index is 2.48. The van der Waals surface area contributed by atoms with E-state index in [2.05, 4.69) is 5.32 Å². The van der Waals surface area contributed by atoms with Gasteiger partial charge in [-0.3, -0.25) is 9.59 Å². The molecule has 1 heterocycles. The number of fused-ring (bicyclic) bond motifs is 1. The van der Waals surface area contributed by atoms with E-state index in [9.17, 15) is 9.59 Å². The molecule has 0 atom stereocenters. The highest BCUT2D eigenvalue weighted by molar-refractivity contribution is 6.41. The molecule has 0 radical (unpaired) electrons. The normalized spacial score (nSPS) is 18.9. The molecule has 18 heavy (non-hydrogen) atoms. The number of rotatable bonds is 2. The SMILES string of the molecule is CC1(C)Cc2ccccc2/C(=C\C(=O)C(N)=O)N1. The summed E-state index contributed by atoms with van der Waals surface area (Å²) in [6.45, 7) is 4.09. The number of hydrogen-bond donors (Lipinski definition) is 2. The standard InChI is InChI=1S/C14H16N2O2/c1-14(2)8-9-5-3-4-6-10(9)11(16-14)7-12(17)13(15)18/h3-7,16H,8H2,1-2H3,(H2,15,18)/b11-7+. The van der Waals surface area contributed by atoms with Gasteiger partial charge in [-0.05, 0) is 25.8 Å². The van der Waals surface area contributed by atoms with Crippen LogP contribution in [0.1, 0.15) is 25.0 Å². The molecule has 1 aromatic rings. The number of ketones is 1. The van der Waals surface area contributed by atoms with Gasteiger partial charge in [-0.1, -0.05) is 24.3 Å². The zero-order chi connectivity index (χ0) is 13.3. The van der Waals surface area contributed by atoms with Crippen molar-refractivity contribution in [3.05, 3.63) is 41.5 Å². The summed E-state index contributed by atoms with van der Waals surface area (Å²) >= 11 is 0. The number of carbonyl (C=O) groups excluding carboxylic acids is 2. The van der Waals surface area contributed by atoms with Gasteiger partial charge >= 0.3 is 0 Å². The van der Waals surface area contributed by atoms with Crippen LogP contribution in [0.15, 0.2) is 30.3 Å². The molecule has 0 aliphatic carbocycles. The van der Waals surface area contributed by atoms with E-state index in [0.29, 0.717) is 5.70 Å². The van der Waals surface area contributed by atoms with Crippen molar-refractivity contribution in [3.63, 3.8) is 0 Å². The number of hydrogen-bond acceptors (Lipinski definition) is 3. The minimum Gasteiger partial charge on any atom is -0.379 e. The van der Waals surface area contributed by atoms with Gasteiger partial charge in [-0.2, -0.15) is 0 Å². The predicted molar refractivity (Wildman–Crippen MR) is 69.5 cm³/mol. The number of nitrogens with two attached hydrogens (primary N) is 1. The molecule has 0 spiro atoms. The maximum Gasteiger partial charge on any atom is 0.289 e. The van der Waals surface area contributed by atoms with E-state index in [1.165, 1.54) is 6.08 Å². The van der Waals surface area contributed by atoms with Crippen LogP contribution in [0.3, 0.4) is 0 Å². The zero-order valence-corrected chi connectivity index (χ0v) is 10.5. The van der Waals surface area contributed by atoms with Crippen molar-refractivity contribution in [3.8, 4) is 0 Å². The van der Waals surface area contributed by atoms with Gasteiger partial charge < -0.3 is 11.1 Å². The third-order valence-corrected chi connectivity index (χ3v) is 2.93. The molecule has 1 aromatic carbocycles. The number of nitrogens with one attached hydrogen (secondary N) is 1. The summed E-state index contributed by atoms with van der Waals surface area (Å²) in [5.41, 5.74) is 7.59. The van der Waals surface area contributed by atoms with Gasteiger partial charge in [0.25, 0.3) is 5.91 Å². The van der Waals surface area contributed by atoms with Gasteiger partial charge in [-0.25, -0.2) is 0 Å². The van der Waals surface area contributed by atoms with Crippen molar-refractivity contribution in [2.24, 2.45) is 5.73 Å². The molecule has 4 heteroatoms. The Bertz CT molecular complexity index is 544. The fourth-order valence-electron chi connectivity index (χ4n) is 2.21. The molecule has 94 valence electrons. The topological polar surface area (TPSA) is 72.2 Å². The lowest BCUT2D eigenvalue weighted by atomic mass is 9.85. The third kappa shape index (κ3) is 2.42. The van der Waals surface area contributed by atoms with Crippen molar-refractivity contribution < 1.29 is 9.59 Å². The highest BCUT2D eigenvalue weighted by atomic mass is 16.2. The quantitative estimate of drug-likeness (QED) is 0.602. The fraction of sp³-hybridized carbons (Fsp3) is 0.286. The van der Waals surface area contributed by atoms with Crippen LogP contribution in [-0.2, 0) is 16.0 Å².